The Morgan fingerprint density at radius 3 is 3.04 bits per heavy atom. The first-order valence-corrected chi connectivity index (χ1v) is 8.59. The summed E-state index contributed by atoms with van der Waals surface area (Å²) in [6, 6.07) is 7.32. The summed E-state index contributed by atoms with van der Waals surface area (Å²) in [5.74, 6) is 0.520. The molecule has 6 heteroatoms. The van der Waals surface area contributed by atoms with Gasteiger partial charge in [-0.25, -0.2) is 9.67 Å². The van der Waals surface area contributed by atoms with E-state index in [2.05, 4.69) is 22.3 Å². The highest BCUT2D eigenvalue weighted by molar-refractivity contribution is 5.94. The maximum Gasteiger partial charge on any atom is 0.251 e. The van der Waals surface area contributed by atoms with Crippen LogP contribution < -0.4 is 5.32 Å². The molecule has 128 valence electrons. The van der Waals surface area contributed by atoms with Crippen LogP contribution in [-0.4, -0.2) is 39.9 Å². The van der Waals surface area contributed by atoms with Crippen molar-refractivity contribution in [3.8, 4) is 5.69 Å². The van der Waals surface area contributed by atoms with Crippen LogP contribution in [0.25, 0.3) is 5.69 Å². The summed E-state index contributed by atoms with van der Waals surface area (Å²) in [5.41, 5.74) is 1.42. The number of ether oxygens (including phenoxy) is 1. The van der Waals surface area contributed by atoms with Crippen molar-refractivity contribution < 1.29 is 9.53 Å². The number of hydrogen-bond donors (Lipinski definition) is 1. The topological polar surface area (TPSA) is 69.0 Å². The van der Waals surface area contributed by atoms with Crippen LogP contribution in [0.1, 0.15) is 43.0 Å². The van der Waals surface area contributed by atoms with E-state index in [1.807, 2.05) is 12.1 Å². The normalized spacial score (nSPS) is 20.7. The number of rotatable bonds is 6. The summed E-state index contributed by atoms with van der Waals surface area (Å²) >= 11 is 0. The highest BCUT2D eigenvalue weighted by Crippen LogP contribution is 2.25. The zero-order chi connectivity index (χ0) is 16.8. The Bertz CT molecular complexity index is 657. The molecule has 3 rings (SSSR count). The Balaban J connectivity index is 1.48. The highest BCUT2D eigenvalue weighted by Gasteiger charge is 2.21. The van der Waals surface area contributed by atoms with E-state index >= 15 is 0 Å². The molecular formula is C18H24N4O2. The summed E-state index contributed by atoms with van der Waals surface area (Å²) in [6.45, 7) is 3.33. The van der Waals surface area contributed by atoms with E-state index in [1.165, 1.54) is 25.6 Å². The van der Waals surface area contributed by atoms with E-state index in [0.29, 0.717) is 30.7 Å². The zero-order valence-corrected chi connectivity index (χ0v) is 14.0. The molecule has 24 heavy (non-hydrogen) atoms. The lowest BCUT2D eigenvalue weighted by molar-refractivity contribution is -0.00293. The van der Waals surface area contributed by atoms with Gasteiger partial charge in [0.2, 0.25) is 0 Å². The number of benzene rings is 1. The van der Waals surface area contributed by atoms with Crippen molar-refractivity contribution in [2.75, 3.05) is 13.2 Å². The smallest absolute Gasteiger partial charge is 0.251 e. The number of nitrogens with zero attached hydrogens (tertiary/aromatic N) is 3. The summed E-state index contributed by atoms with van der Waals surface area (Å²) < 4.78 is 7.56. The van der Waals surface area contributed by atoms with Crippen LogP contribution in [0.2, 0.25) is 0 Å². The summed E-state index contributed by atoms with van der Waals surface area (Å²) in [7, 11) is 0. The van der Waals surface area contributed by atoms with Crippen LogP contribution in [0.4, 0.5) is 0 Å². The molecule has 0 radical (unpaired) electrons. The second-order valence-electron chi connectivity index (χ2n) is 6.32. The minimum absolute atomic E-state index is 0.0998. The van der Waals surface area contributed by atoms with Crippen molar-refractivity contribution in [2.45, 2.75) is 38.7 Å². The van der Waals surface area contributed by atoms with Gasteiger partial charge in [0, 0.05) is 12.1 Å². The first kappa shape index (κ1) is 16.6. The number of carbonyl (C=O) groups is 1. The lowest BCUT2D eigenvalue weighted by Crippen LogP contribution is -2.31. The number of hydrogen-bond acceptors (Lipinski definition) is 4. The molecule has 1 heterocycles. The molecule has 1 saturated carbocycles. The third-order valence-corrected chi connectivity index (χ3v) is 4.54. The SMILES string of the molecule is C[C@H]1CCCC[C@@H]1OCCNC(=O)c1cccc(-n2cncn2)c1. The van der Waals surface area contributed by atoms with Crippen molar-refractivity contribution in [3.63, 3.8) is 0 Å². The van der Waals surface area contributed by atoms with E-state index < -0.39 is 0 Å². The third kappa shape index (κ3) is 4.20. The first-order valence-electron chi connectivity index (χ1n) is 8.59. The molecule has 1 N–H and O–H groups in total. The van der Waals surface area contributed by atoms with Crippen LogP contribution in [-0.2, 0) is 4.74 Å². The number of amides is 1. The molecule has 2 aromatic rings. The molecule has 1 aliphatic carbocycles. The van der Waals surface area contributed by atoms with E-state index in [1.54, 1.807) is 23.1 Å². The molecule has 0 aliphatic heterocycles. The Morgan fingerprint density at radius 1 is 1.38 bits per heavy atom. The summed E-state index contributed by atoms with van der Waals surface area (Å²) in [6.07, 6.45) is 8.34. The van der Waals surface area contributed by atoms with Crippen molar-refractivity contribution in [3.05, 3.63) is 42.5 Å². The number of carbonyl (C=O) groups excluding carboxylic acids is 1. The fourth-order valence-electron chi connectivity index (χ4n) is 3.14. The predicted octanol–water partition coefficient (Wildman–Crippen LogP) is 2.59. The minimum atomic E-state index is -0.0998. The van der Waals surface area contributed by atoms with Gasteiger partial charge in [-0.3, -0.25) is 4.79 Å². The van der Waals surface area contributed by atoms with Crippen molar-refractivity contribution in [1.82, 2.24) is 20.1 Å². The van der Waals surface area contributed by atoms with Crippen molar-refractivity contribution in [2.24, 2.45) is 5.92 Å². The third-order valence-electron chi connectivity index (χ3n) is 4.54. The van der Waals surface area contributed by atoms with Gasteiger partial charge in [-0.05, 0) is 37.0 Å². The molecule has 0 bridgehead atoms. The number of nitrogens with one attached hydrogen (secondary N) is 1. The lowest BCUT2D eigenvalue weighted by Gasteiger charge is -2.28. The Labute approximate surface area is 142 Å². The molecule has 1 aromatic carbocycles. The van der Waals surface area contributed by atoms with Gasteiger partial charge in [-0.2, -0.15) is 5.10 Å². The Hall–Kier alpha value is -2.21. The van der Waals surface area contributed by atoms with Gasteiger partial charge in [0.05, 0.1) is 18.4 Å². The molecule has 1 aliphatic rings. The van der Waals surface area contributed by atoms with Crippen LogP contribution in [0, 0.1) is 5.92 Å². The molecule has 1 amide bonds. The van der Waals surface area contributed by atoms with Gasteiger partial charge in [0.15, 0.2) is 0 Å². The van der Waals surface area contributed by atoms with E-state index in [-0.39, 0.29) is 5.91 Å². The Morgan fingerprint density at radius 2 is 2.25 bits per heavy atom. The lowest BCUT2D eigenvalue weighted by atomic mass is 9.88. The second kappa shape index (κ2) is 8.06. The second-order valence-corrected chi connectivity index (χ2v) is 6.32. The van der Waals surface area contributed by atoms with Gasteiger partial charge in [0.25, 0.3) is 5.91 Å². The van der Waals surface area contributed by atoms with Crippen LogP contribution in [0.15, 0.2) is 36.9 Å². The Kier molecular flexibility index (Phi) is 5.59. The zero-order valence-electron chi connectivity index (χ0n) is 14.0. The molecular weight excluding hydrogens is 304 g/mol. The monoisotopic (exact) mass is 328 g/mol. The van der Waals surface area contributed by atoms with Crippen LogP contribution in [0.5, 0.6) is 0 Å². The van der Waals surface area contributed by atoms with Gasteiger partial charge < -0.3 is 10.1 Å². The van der Waals surface area contributed by atoms with Gasteiger partial charge in [-0.15, -0.1) is 0 Å². The van der Waals surface area contributed by atoms with Crippen molar-refractivity contribution >= 4 is 5.91 Å². The molecule has 0 saturated heterocycles. The molecule has 0 unspecified atom stereocenters. The molecule has 1 aromatic heterocycles. The van der Waals surface area contributed by atoms with Crippen molar-refractivity contribution in [1.29, 1.82) is 0 Å². The van der Waals surface area contributed by atoms with Gasteiger partial charge in [0.1, 0.15) is 12.7 Å². The fourth-order valence-corrected chi connectivity index (χ4v) is 3.14. The van der Waals surface area contributed by atoms with E-state index in [4.69, 9.17) is 4.74 Å². The maximum atomic E-state index is 12.3. The van der Waals surface area contributed by atoms with E-state index in [0.717, 1.165) is 12.1 Å². The summed E-state index contributed by atoms with van der Waals surface area (Å²) in [5, 5.41) is 6.99. The quantitative estimate of drug-likeness (QED) is 0.828. The maximum absolute atomic E-state index is 12.3. The molecule has 1 fully saturated rings. The van der Waals surface area contributed by atoms with E-state index in [9.17, 15) is 4.79 Å². The molecule has 2 atom stereocenters. The van der Waals surface area contributed by atoms with Crippen LogP contribution in [0.3, 0.4) is 0 Å². The van der Waals surface area contributed by atoms with Crippen LogP contribution >= 0.6 is 0 Å². The average Bonchev–Trinajstić information content (AvgIpc) is 3.15. The fraction of sp³-hybridized carbons (Fsp3) is 0.500. The highest BCUT2D eigenvalue weighted by atomic mass is 16.5. The summed E-state index contributed by atoms with van der Waals surface area (Å²) in [4.78, 5) is 16.2. The average molecular weight is 328 g/mol. The minimum Gasteiger partial charge on any atom is -0.376 e. The van der Waals surface area contributed by atoms with Gasteiger partial charge in [-0.1, -0.05) is 25.8 Å². The first-order chi connectivity index (χ1) is 11.7. The molecule has 6 nitrogen and oxygen atoms in total. The standard InChI is InChI=1S/C18H24N4O2/c1-14-5-2-3-8-17(14)24-10-9-20-18(23)15-6-4-7-16(11-15)22-13-19-12-21-22/h4,6-7,11-14,17H,2-3,5,8-10H2,1H3,(H,20,23)/t14-,17-/m0/s1. The predicted molar refractivity (Wildman–Crippen MR) is 91.1 cm³/mol. The van der Waals surface area contributed by atoms with Gasteiger partial charge >= 0.3 is 0 Å². The molecule has 0 spiro atoms. The number of aromatic nitrogens is 3. The largest absolute Gasteiger partial charge is 0.376 e.